The number of hydrogen-bond donors (Lipinski definition) is 4. The summed E-state index contributed by atoms with van der Waals surface area (Å²) in [5.74, 6) is -0.268. The molecule has 1 aromatic heterocycles. The van der Waals surface area contributed by atoms with Crippen LogP contribution in [0, 0.1) is 29.6 Å². The Balaban J connectivity index is 1.79. The van der Waals surface area contributed by atoms with Gasteiger partial charge in [0.25, 0.3) is 5.56 Å². The maximum atomic E-state index is 13.8. The summed E-state index contributed by atoms with van der Waals surface area (Å²) in [5, 5.41) is 30.0. The molecule has 1 unspecified atom stereocenters. The van der Waals surface area contributed by atoms with Crippen molar-refractivity contribution in [1.29, 1.82) is 0 Å². The molecule has 1 fully saturated rings. The highest BCUT2D eigenvalue weighted by Gasteiger charge is 2.43. The molecule has 2 aliphatic carbocycles. The smallest absolute Gasteiger partial charge is 0.262 e. The molecule has 2 aromatic rings. The van der Waals surface area contributed by atoms with Crippen molar-refractivity contribution in [2.24, 2.45) is 29.6 Å². The first kappa shape index (κ1) is 23.1. The highest BCUT2D eigenvalue weighted by molar-refractivity contribution is 6.03. The third-order valence-electron chi connectivity index (χ3n) is 7.36. The first-order valence-electron chi connectivity index (χ1n) is 11.6. The molecule has 0 aliphatic heterocycles. The van der Waals surface area contributed by atoms with E-state index in [0.29, 0.717) is 23.0 Å². The number of carbonyl (C=O) groups excluding carboxylic acids is 1. The monoisotopic (exact) mass is 449 g/mol. The summed E-state index contributed by atoms with van der Waals surface area (Å²) >= 11 is 0. The molecule has 4 N–H and O–H groups in total. The largest absolute Gasteiger partial charge is 0.508 e. The highest BCUT2D eigenvalue weighted by Crippen LogP contribution is 2.49. The number of ketones is 1. The quantitative estimate of drug-likeness (QED) is 0.399. The lowest BCUT2D eigenvalue weighted by Crippen LogP contribution is -2.40. The fraction of sp³-hybridized carbons (Fsp3) is 0.407. The van der Waals surface area contributed by atoms with E-state index < -0.39 is 17.3 Å². The number of benzene rings is 1. The molecule has 2 aliphatic rings. The minimum Gasteiger partial charge on any atom is -0.508 e. The lowest BCUT2D eigenvalue weighted by atomic mass is 9.59. The molecular formula is C27H31NO5. The van der Waals surface area contributed by atoms with E-state index in [9.17, 15) is 24.9 Å². The maximum absolute atomic E-state index is 13.8. The summed E-state index contributed by atoms with van der Waals surface area (Å²) in [6, 6.07) is 6.19. The van der Waals surface area contributed by atoms with Gasteiger partial charge in [-0.2, -0.15) is 0 Å². The molecule has 0 amide bonds. The Hall–Kier alpha value is -3.12. The van der Waals surface area contributed by atoms with Gasteiger partial charge in [-0.15, -0.1) is 0 Å². The summed E-state index contributed by atoms with van der Waals surface area (Å²) in [5.41, 5.74) is 1.17. The number of aromatic hydroxyl groups is 2. The number of aliphatic hydroxyl groups excluding tert-OH is 1. The fourth-order valence-corrected chi connectivity index (χ4v) is 5.71. The number of phenolic OH excluding ortho intramolecular Hbond substituents is 1. The molecule has 6 heteroatoms. The lowest BCUT2D eigenvalue weighted by Gasteiger charge is -2.45. The van der Waals surface area contributed by atoms with Crippen LogP contribution in [-0.2, 0) is 0 Å². The SMILES string of the molecule is CC1=C[C@@H](C(=O)c2c(O)c(-c3ccc(O)cc3)c[nH]c2=O)[C@H](/C=C/CO)[C@H]2C[C@@H](C)CCC12. The van der Waals surface area contributed by atoms with Crippen LogP contribution in [0.1, 0.15) is 43.5 Å². The zero-order chi connectivity index (χ0) is 23.7. The average molecular weight is 450 g/mol. The van der Waals surface area contributed by atoms with Crippen LogP contribution in [0.4, 0.5) is 0 Å². The molecule has 0 saturated heterocycles. The summed E-state index contributed by atoms with van der Waals surface area (Å²) in [6.45, 7) is 4.16. The Morgan fingerprint density at radius 1 is 1.18 bits per heavy atom. The van der Waals surface area contributed by atoms with E-state index in [1.807, 2.05) is 12.2 Å². The third-order valence-corrected chi connectivity index (χ3v) is 7.36. The zero-order valence-electron chi connectivity index (χ0n) is 19.0. The molecule has 174 valence electrons. The number of allylic oxidation sites excluding steroid dienone is 3. The van der Waals surface area contributed by atoms with Crippen molar-refractivity contribution in [2.75, 3.05) is 6.61 Å². The maximum Gasteiger partial charge on any atom is 0.262 e. The van der Waals surface area contributed by atoms with Gasteiger partial charge in [-0.3, -0.25) is 9.59 Å². The molecule has 33 heavy (non-hydrogen) atoms. The van der Waals surface area contributed by atoms with E-state index in [1.54, 1.807) is 18.2 Å². The number of fused-ring (bicyclic) bond motifs is 1. The number of phenols is 1. The lowest BCUT2D eigenvalue weighted by molar-refractivity contribution is 0.0802. The van der Waals surface area contributed by atoms with Gasteiger partial charge in [0, 0.05) is 17.7 Å². The van der Waals surface area contributed by atoms with Gasteiger partial charge in [-0.1, -0.05) is 49.3 Å². The number of Topliss-reactive ketones (excluding diaryl/α,β-unsaturated/α-hetero) is 1. The Bertz CT molecular complexity index is 1140. The van der Waals surface area contributed by atoms with Gasteiger partial charge in [0.1, 0.15) is 17.1 Å². The summed E-state index contributed by atoms with van der Waals surface area (Å²) in [7, 11) is 0. The van der Waals surface area contributed by atoms with Crippen molar-refractivity contribution in [1.82, 2.24) is 4.98 Å². The fourth-order valence-electron chi connectivity index (χ4n) is 5.71. The van der Waals surface area contributed by atoms with Crippen LogP contribution in [0.2, 0.25) is 0 Å². The molecule has 1 aromatic carbocycles. The molecule has 1 heterocycles. The molecule has 0 radical (unpaired) electrons. The Labute approximate surface area is 193 Å². The van der Waals surface area contributed by atoms with Crippen LogP contribution in [0.15, 0.2) is 59.1 Å². The molecule has 6 nitrogen and oxygen atoms in total. The second kappa shape index (κ2) is 9.40. The highest BCUT2D eigenvalue weighted by atomic mass is 16.3. The standard InChI is InChI=1S/C27H31NO5/c1-15-5-10-19-16(2)13-22(20(4-3-11-29)21(19)12-15)25(31)24-26(32)23(14-28-27(24)33)17-6-8-18(30)9-7-17/h3-4,6-9,13-15,19-22,29-30H,5,10-12H2,1-2H3,(H2,28,32,33)/b4-3+/t15-,19?,20+,21-,22+/m0/s1. The number of hydrogen-bond acceptors (Lipinski definition) is 5. The van der Waals surface area contributed by atoms with Gasteiger partial charge >= 0.3 is 0 Å². The normalized spacial score (nSPS) is 27.2. The van der Waals surface area contributed by atoms with Crippen molar-refractivity contribution in [3.8, 4) is 22.6 Å². The van der Waals surface area contributed by atoms with Gasteiger partial charge in [0.15, 0.2) is 5.78 Å². The van der Waals surface area contributed by atoms with Crippen LogP contribution in [-0.4, -0.2) is 32.7 Å². The first-order chi connectivity index (χ1) is 15.8. The van der Waals surface area contributed by atoms with Crippen LogP contribution < -0.4 is 5.56 Å². The van der Waals surface area contributed by atoms with E-state index in [4.69, 9.17) is 0 Å². The Morgan fingerprint density at radius 2 is 1.91 bits per heavy atom. The van der Waals surface area contributed by atoms with Gasteiger partial charge < -0.3 is 20.3 Å². The van der Waals surface area contributed by atoms with E-state index in [1.165, 1.54) is 18.3 Å². The van der Waals surface area contributed by atoms with Crippen molar-refractivity contribution in [3.05, 3.63) is 70.2 Å². The van der Waals surface area contributed by atoms with Crippen LogP contribution >= 0.6 is 0 Å². The average Bonchev–Trinajstić information content (AvgIpc) is 2.79. The second-order valence-electron chi connectivity index (χ2n) is 9.48. The topological polar surface area (TPSA) is 111 Å². The summed E-state index contributed by atoms with van der Waals surface area (Å²) in [6.07, 6.45) is 10.1. The number of aromatic nitrogens is 1. The second-order valence-corrected chi connectivity index (χ2v) is 9.48. The molecular weight excluding hydrogens is 418 g/mol. The Morgan fingerprint density at radius 3 is 2.61 bits per heavy atom. The zero-order valence-corrected chi connectivity index (χ0v) is 19.0. The predicted molar refractivity (Wildman–Crippen MR) is 127 cm³/mol. The van der Waals surface area contributed by atoms with E-state index in [2.05, 4.69) is 18.8 Å². The number of rotatable bonds is 5. The minimum atomic E-state index is -0.630. The number of pyridine rings is 1. The minimum absolute atomic E-state index is 0.0801. The van der Waals surface area contributed by atoms with Gasteiger partial charge in [0.05, 0.1) is 6.61 Å². The van der Waals surface area contributed by atoms with E-state index >= 15 is 0 Å². The third kappa shape index (κ3) is 4.40. The van der Waals surface area contributed by atoms with Gasteiger partial charge in [-0.05, 0) is 61.1 Å². The molecule has 4 rings (SSSR count). The van der Waals surface area contributed by atoms with E-state index in [0.717, 1.165) is 24.8 Å². The van der Waals surface area contributed by atoms with Crippen LogP contribution in [0.25, 0.3) is 11.1 Å². The summed E-state index contributed by atoms with van der Waals surface area (Å²) in [4.78, 5) is 29.1. The number of H-pyrrole nitrogens is 1. The molecule has 0 bridgehead atoms. The van der Waals surface area contributed by atoms with Gasteiger partial charge in [-0.25, -0.2) is 0 Å². The predicted octanol–water partition coefficient (Wildman–Crippen LogP) is 4.43. The molecule has 5 atom stereocenters. The van der Waals surface area contributed by atoms with Crippen molar-refractivity contribution >= 4 is 5.78 Å². The number of carbonyl (C=O) groups is 1. The first-order valence-corrected chi connectivity index (χ1v) is 11.6. The number of aromatic amines is 1. The number of aliphatic hydroxyl groups is 1. The van der Waals surface area contributed by atoms with Crippen molar-refractivity contribution in [3.63, 3.8) is 0 Å². The van der Waals surface area contributed by atoms with Crippen molar-refractivity contribution in [2.45, 2.75) is 33.1 Å². The van der Waals surface area contributed by atoms with E-state index in [-0.39, 0.29) is 35.5 Å². The Kier molecular flexibility index (Phi) is 6.56. The van der Waals surface area contributed by atoms with Crippen LogP contribution in [0.3, 0.4) is 0 Å². The van der Waals surface area contributed by atoms with Gasteiger partial charge in [0.2, 0.25) is 0 Å². The molecule has 0 spiro atoms. The van der Waals surface area contributed by atoms with Crippen LogP contribution in [0.5, 0.6) is 11.5 Å². The van der Waals surface area contributed by atoms with Crippen molar-refractivity contribution < 1.29 is 20.1 Å². The molecule has 1 saturated carbocycles. The summed E-state index contributed by atoms with van der Waals surface area (Å²) < 4.78 is 0. The number of nitrogens with one attached hydrogen (secondary N) is 1.